The number of carbonyl (C=O) groups excluding carboxylic acids is 2. The van der Waals surface area contributed by atoms with Crippen molar-refractivity contribution in [1.82, 2.24) is 5.32 Å². The van der Waals surface area contributed by atoms with Crippen LogP contribution in [0.25, 0.3) is 0 Å². The van der Waals surface area contributed by atoms with Crippen LogP contribution in [0, 0.1) is 6.92 Å². The summed E-state index contributed by atoms with van der Waals surface area (Å²) in [6.07, 6.45) is -0.603. The van der Waals surface area contributed by atoms with Gasteiger partial charge in [0.05, 0.1) is 19.1 Å². The number of ether oxygens (including phenoxy) is 2. The van der Waals surface area contributed by atoms with Crippen LogP contribution < -0.4 is 10.1 Å². The zero-order valence-electron chi connectivity index (χ0n) is 17.4. The normalized spacial score (nSPS) is 12.3. The Morgan fingerprint density at radius 1 is 1.00 bits per heavy atom. The number of aliphatic hydroxyl groups is 1. The molecule has 2 aromatic rings. The molecule has 29 heavy (non-hydrogen) atoms. The Kier molecular flexibility index (Phi) is 7.93. The molecule has 156 valence electrons. The van der Waals surface area contributed by atoms with Crippen molar-refractivity contribution in [3.63, 3.8) is 0 Å². The average molecular weight is 399 g/mol. The third-order valence-electron chi connectivity index (χ3n) is 3.99. The first-order chi connectivity index (χ1) is 13.6. The Labute approximate surface area is 171 Å². The highest BCUT2D eigenvalue weighted by atomic mass is 16.6. The maximum Gasteiger partial charge on any atom is 0.320 e. The fourth-order valence-electron chi connectivity index (χ4n) is 2.60. The minimum absolute atomic E-state index is 0.0169. The molecule has 0 amide bonds. The maximum absolute atomic E-state index is 12.1. The largest absolute Gasteiger partial charge is 0.459 e. The van der Waals surface area contributed by atoms with E-state index in [4.69, 9.17) is 9.47 Å². The van der Waals surface area contributed by atoms with Gasteiger partial charge in [0.1, 0.15) is 11.4 Å². The topological polar surface area (TPSA) is 84.9 Å². The first kappa shape index (κ1) is 22.6. The van der Waals surface area contributed by atoms with E-state index < -0.39 is 11.7 Å². The summed E-state index contributed by atoms with van der Waals surface area (Å²) in [5.74, 6) is -0.304. The second-order valence-corrected chi connectivity index (χ2v) is 7.94. The van der Waals surface area contributed by atoms with Gasteiger partial charge in [0.2, 0.25) is 0 Å². The molecule has 0 bridgehead atoms. The molecule has 0 aliphatic rings. The predicted octanol–water partition coefficient (Wildman–Crippen LogP) is 3.11. The fourth-order valence-corrected chi connectivity index (χ4v) is 2.60. The van der Waals surface area contributed by atoms with E-state index in [9.17, 15) is 14.7 Å². The smallest absolute Gasteiger partial charge is 0.320 e. The minimum Gasteiger partial charge on any atom is -0.459 e. The zero-order valence-corrected chi connectivity index (χ0v) is 17.4. The predicted molar refractivity (Wildman–Crippen MR) is 111 cm³/mol. The van der Waals surface area contributed by atoms with Crippen molar-refractivity contribution in [3.05, 3.63) is 65.2 Å². The molecule has 0 saturated carbocycles. The zero-order chi connectivity index (χ0) is 21.4. The van der Waals surface area contributed by atoms with Crippen molar-refractivity contribution >= 4 is 11.9 Å². The van der Waals surface area contributed by atoms with Gasteiger partial charge >= 0.3 is 11.9 Å². The van der Waals surface area contributed by atoms with Crippen LogP contribution in [-0.2, 0) is 20.7 Å². The Bertz CT molecular complexity index is 807. The van der Waals surface area contributed by atoms with Gasteiger partial charge in [-0.25, -0.2) is 0 Å². The summed E-state index contributed by atoms with van der Waals surface area (Å²) in [6.45, 7) is 7.61. The van der Waals surface area contributed by atoms with Crippen LogP contribution in [0.1, 0.15) is 43.6 Å². The van der Waals surface area contributed by atoms with E-state index in [2.05, 4.69) is 5.32 Å². The lowest BCUT2D eigenvalue weighted by Gasteiger charge is -2.20. The van der Waals surface area contributed by atoms with Crippen LogP contribution in [0.15, 0.2) is 48.5 Å². The minimum atomic E-state index is -0.797. The molecule has 1 atom stereocenters. The first-order valence-electron chi connectivity index (χ1n) is 9.59. The Hall–Kier alpha value is -2.70. The average Bonchev–Trinajstić information content (AvgIpc) is 2.62. The highest BCUT2D eigenvalue weighted by molar-refractivity contribution is 5.75. The number of hydrogen-bond acceptors (Lipinski definition) is 6. The number of rotatable bonds is 8. The molecule has 0 aliphatic carbocycles. The van der Waals surface area contributed by atoms with Crippen molar-refractivity contribution in [2.75, 3.05) is 13.1 Å². The Morgan fingerprint density at radius 3 is 2.21 bits per heavy atom. The van der Waals surface area contributed by atoms with E-state index in [1.54, 1.807) is 45.0 Å². The lowest BCUT2D eigenvalue weighted by molar-refractivity contribution is -0.153. The van der Waals surface area contributed by atoms with Crippen molar-refractivity contribution in [2.24, 2.45) is 0 Å². The van der Waals surface area contributed by atoms with Gasteiger partial charge in [0.25, 0.3) is 0 Å². The maximum atomic E-state index is 12.1. The van der Waals surface area contributed by atoms with E-state index in [1.807, 2.05) is 31.2 Å². The second-order valence-electron chi connectivity index (χ2n) is 7.94. The molecule has 6 nitrogen and oxygen atoms in total. The number of aryl methyl sites for hydroxylation is 1. The van der Waals surface area contributed by atoms with Crippen molar-refractivity contribution in [1.29, 1.82) is 0 Å². The van der Waals surface area contributed by atoms with Crippen LogP contribution in [0.2, 0.25) is 0 Å². The number of aliphatic hydroxyl groups excluding tert-OH is 1. The molecule has 6 heteroatoms. The molecule has 1 unspecified atom stereocenters. The summed E-state index contributed by atoms with van der Waals surface area (Å²) < 4.78 is 10.5. The van der Waals surface area contributed by atoms with Gasteiger partial charge in [-0.1, -0.05) is 42.0 Å². The second kappa shape index (κ2) is 10.2. The summed E-state index contributed by atoms with van der Waals surface area (Å²) in [7, 11) is 0. The summed E-state index contributed by atoms with van der Waals surface area (Å²) in [5.41, 5.74) is 2.14. The molecule has 0 radical (unpaired) electrons. The summed E-state index contributed by atoms with van der Waals surface area (Å²) >= 11 is 0. The van der Waals surface area contributed by atoms with Gasteiger partial charge in [-0.2, -0.15) is 0 Å². The van der Waals surface area contributed by atoms with E-state index in [-0.39, 0.29) is 31.4 Å². The monoisotopic (exact) mass is 399 g/mol. The molecular formula is C23H29NO5. The number of esters is 2. The third-order valence-corrected chi connectivity index (χ3v) is 3.99. The van der Waals surface area contributed by atoms with Crippen LogP contribution in [0.5, 0.6) is 5.75 Å². The standard InChI is InChI=1S/C23H29NO5/c1-16-5-7-17(8-6-16)13-21(26)28-19-11-9-18(10-12-19)20(25)14-24-15-22(27)29-23(2,3)4/h5-12,20,24-25H,13-15H2,1-4H3. The molecule has 0 aliphatic heterocycles. The van der Waals surface area contributed by atoms with Gasteiger partial charge in [0.15, 0.2) is 0 Å². The van der Waals surface area contributed by atoms with Crippen LogP contribution in [0.4, 0.5) is 0 Å². The highest BCUT2D eigenvalue weighted by Gasteiger charge is 2.16. The quantitative estimate of drug-likeness (QED) is 0.524. The number of benzene rings is 2. The molecule has 2 rings (SSSR count). The number of hydrogen-bond donors (Lipinski definition) is 2. The van der Waals surface area contributed by atoms with E-state index in [1.165, 1.54) is 0 Å². The van der Waals surface area contributed by atoms with Crippen LogP contribution in [-0.4, -0.2) is 35.7 Å². The molecular weight excluding hydrogens is 370 g/mol. The Morgan fingerprint density at radius 2 is 1.62 bits per heavy atom. The summed E-state index contributed by atoms with van der Waals surface area (Å²) in [6, 6.07) is 14.4. The first-order valence-corrected chi connectivity index (χ1v) is 9.59. The van der Waals surface area contributed by atoms with E-state index in [0.717, 1.165) is 11.1 Å². The van der Waals surface area contributed by atoms with Crippen molar-refractivity contribution in [2.45, 2.75) is 45.8 Å². The van der Waals surface area contributed by atoms with Crippen molar-refractivity contribution < 1.29 is 24.2 Å². The Balaban J connectivity index is 1.79. The molecule has 0 aromatic heterocycles. The molecule has 2 aromatic carbocycles. The van der Waals surface area contributed by atoms with Gasteiger partial charge in [-0.3, -0.25) is 9.59 Å². The van der Waals surface area contributed by atoms with E-state index >= 15 is 0 Å². The van der Waals surface area contributed by atoms with E-state index in [0.29, 0.717) is 11.3 Å². The summed E-state index contributed by atoms with van der Waals surface area (Å²) in [4.78, 5) is 23.7. The molecule has 0 heterocycles. The fraction of sp³-hybridized carbons (Fsp3) is 0.391. The van der Waals surface area contributed by atoms with Crippen molar-refractivity contribution in [3.8, 4) is 5.75 Å². The number of carbonyl (C=O) groups is 2. The summed E-state index contributed by atoms with van der Waals surface area (Å²) in [5, 5.41) is 13.1. The van der Waals surface area contributed by atoms with Crippen LogP contribution in [0.3, 0.4) is 0 Å². The van der Waals surface area contributed by atoms with Gasteiger partial charge < -0.3 is 19.9 Å². The lowest BCUT2D eigenvalue weighted by Crippen LogP contribution is -2.33. The highest BCUT2D eigenvalue weighted by Crippen LogP contribution is 2.18. The lowest BCUT2D eigenvalue weighted by atomic mass is 10.1. The molecule has 0 saturated heterocycles. The van der Waals surface area contributed by atoms with Gasteiger partial charge in [-0.15, -0.1) is 0 Å². The van der Waals surface area contributed by atoms with Gasteiger partial charge in [-0.05, 0) is 51.0 Å². The third kappa shape index (κ3) is 8.46. The number of nitrogens with one attached hydrogen (secondary N) is 1. The molecule has 0 fully saturated rings. The molecule has 2 N–H and O–H groups in total. The van der Waals surface area contributed by atoms with Crippen LogP contribution >= 0.6 is 0 Å². The SMILES string of the molecule is Cc1ccc(CC(=O)Oc2ccc(C(O)CNCC(=O)OC(C)(C)C)cc2)cc1. The van der Waals surface area contributed by atoms with Gasteiger partial charge in [0, 0.05) is 6.54 Å². The molecule has 0 spiro atoms.